The normalized spacial score (nSPS) is 22.1. The lowest BCUT2D eigenvalue weighted by Gasteiger charge is -2.29. The van der Waals surface area contributed by atoms with Gasteiger partial charge in [0.15, 0.2) is 6.54 Å². The zero-order chi connectivity index (χ0) is 18.1. The highest BCUT2D eigenvalue weighted by Crippen LogP contribution is 2.38. The van der Waals surface area contributed by atoms with Gasteiger partial charge in [0.25, 0.3) is 11.6 Å². The number of halogens is 1. The van der Waals surface area contributed by atoms with Crippen LogP contribution >= 0.6 is 0 Å². The Kier molecular flexibility index (Phi) is 5.92. The number of amidine groups is 1. The maximum absolute atomic E-state index is 11.8. The summed E-state index contributed by atoms with van der Waals surface area (Å²) in [6.45, 7) is 3.69. The smallest absolute Gasteiger partial charge is 0.275 e. The topological polar surface area (TPSA) is 35.7 Å². The van der Waals surface area contributed by atoms with Crippen LogP contribution in [0.5, 0.6) is 5.75 Å². The van der Waals surface area contributed by atoms with Crippen molar-refractivity contribution >= 4 is 11.5 Å². The fraction of sp³-hybridized carbons (Fsp3) is 0.409. The molecule has 0 aromatic heterocycles. The van der Waals surface area contributed by atoms with Crippen molar-refractivity contribution in [3.63, 3.8) is 0 Å². The molecule has 0 bridgehead atoms. The average Bonchev–Trinajstić information content (AvgIpc) is 2.79. The quantitative estimate of drug-likeness (QED) is 0.726. The number of aryl methyl sites for hydroxylation is 1. The number of anilines is 1. The lowest BCUT2D eigenvalue weighted by molar-refractivity contribution is -0.534. The van der Waals surface area contributed by atoms with Gasteiger partial charge in [-0.25, -0.2) is 0 Å². The molecule has 2 aromatic rings. The molecule has 0 saturated carbocycles. The summed E-state index contributed by atoms with van der Waals surface area (Å²) in [6.07, 6.45) is 4.60. The molecule has 4 nitrogen and oxygen atoms in total. The maximum atomic E-state index is 11.8. The Morgan fingerprint density at radius 1 is 1.00 bits per heavy atom. The minimum Gasteiger partial charge on any atom is -1.00 e. The Balaban J connectivity index is 0.00000210. The van der Waals surface area contributed by atoms with Crippen LogP contribution in [0.2, 0.25) is 0 Å². The number of nitrogens with zero attached hydrogens (tertiary/aromatic N) is 2. The molecule has 0 saturated heterocycles. The van der Waals surface area contributed by atoms with Gasteiger partial charge in [0.2, 0.25) is 0 Å². The minimum absolute atomic E-state index is 0. The van der Waals surface area contributed by atoms with Crippen LogP contribution < -0.4 is 26.6 Å². The van der Waals surface area contributed by atoms with Gasteiger partial charge in [0.05, 0.1) is 13.7 Å². The summed E-state index contributed by atoms with van der Waals surface area (Å²) in [4.78, 5) is 2.14. The van der Waals surface area contributed by atoms with E-state index in [9.17, 15) is 5.11 Å². The van der Waals surface area contributed by atoms with Gasteiger partial charge in [-0.2, -0.15) is 4.90 Å². The van der Waals surface area contributed by atoms with Gasteiger partial charge < -0.3 is 26.8 Å². The number of aliphatic hydroxyl groups is 1. The summed E-state index contributed by atoms with van der Waals surface area (Å²) in [5, 5.41) is 11.8. The molecule has 0 spiro atoms. The van der Waals surface area contributed by atoms with E-state index >= 15 is 0 Å². The summed E-state index contributed by atoms with van der Waals surface area (Å²) in [7, 11) is 1.68. The lowest BCUT2D eigenvalue weighted by atomic mass is 9.99. The highest BCUT2D eigenvalue weighted by Gasteiger charge is 2.53. The van der Waals surface area contributed by atoms with Crippen LogP contribution in [-0.2, 0) is 5.72 Å². The summed E-state index contributed by atoms with van der Waals surface area (Å²) in [5.41, 5.74) is 2.11. The molecule has 0 fully saturated rings. The molecule has 2 aromatic carbocycles. The molecule has 2 aliphatic rings. The Morgan fingerprint density at radius 3 is 2.37 bits per heavy atom. The Labute approximate surface area is 171 Å². The molecule has 0 aliphatic carbocycles. The van der Waals surface area contributed by atoms with E-state index in [1.807, 2.05) is 24.3 Å². The molecule has 144 valence electrons. The van der Waals surface area contributed by atoms with Crippen LogP contribution in [0.4, 0.5) is 5.69 Å². The summed E-state index contributed by atoms with van der Waals surface area (Å²) < 4.78 is 7.68. The van der Waals surface area contributed by atoms with Crippen LogP contribution in [0.15, 0.2) is 48.5 Å². The molecule has 5 heteroatoms. The van der Waals surface area contributed by atoms with Gasteiger partial charge in [-0.05, 0) is 50.5 Å². The molecule has 4 rings (SSSR count). The molecule has 1 atom stereocenters. The van der Waals surface area contributed by atoms with Gasteiger partial charge in [-0.3, -0.25) is 4.58 Å². The molecule has 2 heterocycles. The summed E-state index contributed by atoms with van der Waals surface area (Å²) >= 11 is 0. The van der Waals surface area contributed by atoms with Gasteiger partial charge >= 0.3 is 0 Å². The molecule has 2 aliphatic heterocycles. The third-order valence-corrected chi connectivity index (χ3v) is 5.58. The fourth-order valence-electron chi connectivity index (χ4n) is 4.16. The number of benzene rings is 2. The standard InChI is InChI=1S/C22H27N2O2.BrH/c1-17-7-9-18(10-8-17)22(25)16-23-15-5-3-4-6-21(23)24(22)19-11-13-20(26-2)14-12-19;/h7-14,25H,3-6,15-16H2,1-2H3;1H/q+1;/p-1. The second-order valence-corrected chi connectivity index (χ2v) is 7.36. The van der Waals surface area contributed by atoms with E-state index in [0.717, 1.165) is 30.0 Å². The first-order valence-electron chi connectivity index (χ1n) is 9.46. The van der Waals surface area contributed by atoms with Gasteiger partial charge in [0, 0.05) is 12.0 Å². The monoisotopic (exact) mass is 430 g/mol. The van der Waals surface area contributed by atoms with Crippen molar-refractivity contribution in [3.05, 3.63) is 59.7 Å². The predicted molar refractivity (Wildman–Crippen MR) is 104 cm³/mol. The van der Waals surface area contributed by atoms with Crippen molar-refractivity contribution in [1.29, 1.82) is 0 Å². The van der Waals surface area contributed by atoms with Crippen LogP contribution in [-0.4, -0.2) is 35.7 Å². The van der Waals surface area contributed by atoms with E-state index in [1.54, 1.807) is 7.11 Å². The van der Waals surface area contributed by atoms with E-state index in [2.05, 4.69) is 40.7 Å². The van der Waals surface area contributed by atoms with Crippen molar-refractivity contribution in [2.24, 2.45) is 0 Å². The van der Waals surface area contributed by atoms with Crippen molar-refractivity contribution in [2.75, 3.05) is 25.1 Å². The van der Waals surface area contributed by atoms with E-state index in [0.29, 0.717) is 6.54 Å². The van der Waals surface area contributed by atoms with Crippen LogP contribution in [0.1, 0.15) is 36.8 Å². The van der Waals surface area contributed by atoms with Gasteiger partial charge in [-0.1, -0.05) is 29.8 Å². The molecule has 1 N–H and O–H groups in total. The fourth-order valence-corrected chi connectivity index (χ4v) is 4.16. The Hall–Kier alpha value is -1.85. The van der Waals surface area contributed by atoms with E-state index < -0.39 is 5.72 Å². The highest BCUT2D eigenvalue weighted by atomic mass is 79.9. The van der Waals surface area contributed by atoms with Crippen LogP contribution in [0.25, 0.3) is 0 Å². The average molecular weight is 431 g/mol. The van der Waals surface area contributed by atoms with E-state index in [-0.39, 0.29) is 17.0 Å². The first-order chi connectivity index (χ1) is 12.6. The van der Waals surface area contributed by atoms with Crippen LogP contribution in [0.3, 0.4) is 0 Å². The highest BCUT2D eigenvalue weighted by molar-refractivity contribution is 5.97. The minimum atomic E-state index is -1.05. The molecular weight excluding hydrogens is 404 g/mol. The van der Waals surface area contributed by atoms with Crippen molar-refractivity contribution in [2.45, 2.75) is 38.3 Å². The summed E-state index contributed by atoms with van der Waals surface area (Å²) in [6, 6.07) is 16.3. The molecule has 0 radical (unpaired) electrons. The second-order valence-electron chi connectivity index (χ2n) is 7.36. The number of hydrogen-bond acceptors (Lipinski definition) is 3. The van der Waals surface area contributed by atoms with Crippen molar-refractivity contribution in [3.8, 4) is 5.75 Å². The molecular formula is C22H27BrN2O2. The van der Waals surface area contributed by atoms with E-state index in [1.165, 1.54) is 30.7 Å². The lowest BCUT2D eigenvalue weighted by Crippen LogP contribution is -3.00. The number of hydrogen-bond donors (Lipinski definition) is 1. The van der Waals surface area contributed by atoms with Gasteiger partial charge in [-0.15, -0.1) is 0 Å². The van der Waals surface area contributed by atoms with E-state index in [4.69, 9.17) is 4.74 Å². The third-order valence-electron chi connectivity index (χ3n) is 5.58. The molecule has 27 heavy (non-hydrogen) atoms. The Bertz CT molecular complexity index is 817. The second kappa shape index (κ2) is 8.03. The zero-order valence-electron chi connectivity index (χ0n) is 16.0. The summed E-state index contributed by atoms with van der Waals surface area (Å²) in [5.74, 6) is 2.06. The predicted octanol–water partition coefficient (Wildman–Crippen LogP) is 0.658. The maximum Gasteiger partial charge on any atom is 0.275 e. The number of methoxy groups -OCH3 is 1. The number of ether oxygens (including phenoxy) is 1. The first kappa shape index (κ1) is 19.9. The molecule has 1 unspecified atom stereocenters. The first-order valence-corrected chi connectivity index (χ1v) is 9.46. The van der Waals surface area contributed by atoms with Gasteiger partial charge in [0.1, 0.15) is 11.4 Å². The van der Waals surface area contributed by atoms with Crippen LogP contribution in [0, 0.1) is 6.92 Å². The number of rotatable bonds is 3. The van der Waals surface area contributed by atoms with Crippen molar-refractivity contribution < 1.29 is 31.4 Å². The third kappa shape index (κ3) is 3.63. The molecule has 0 amide bonds. The SMILES string of the molecule is COc1ccc(N2C3=[N+](CCCCC3)CC2(O)c2ccc(C)cc2)cc1.[Br-]. The van der Waals surface area contributed by atoms with Crippen molar-refractivity contribution in [1.82, 2.24) is 0 Å². The largest absolute Gasteiger partial charge is 1.00 e. The Morgan fingerprint density at radius 2 is 1.70 bits per heavy atom. The zero-order valence-corrected chi connectivity index (χ0v) is 17.6.